The Balaban J connectivity index is 1.73. The Hall–Kier alpha value is -1.35. The summed E-state index contributed by atoms with van der Waals surface area (Å²) in [5, 5.41) is 8.74. The average molecular weight is 405 g/mol. The molecule has 2 aliphatic carbocycles. The molecule has 0 aromatic carbocycles. The fourth-order valence-electron chi connectivity index (χ4n) is 4.27. The predicted octanol–water partition coefficient (Wildman–Crippen LogP) is 4.86. The average Bonchev–Trinajstić information content (AvgIpc) is 2.61. The van der Waals surface area contributed by atoms with Crippen molar-refractivity contribution in [3.05, 3.63) is 18.3 Å². The van der Waals surface area contributed by atoms with Crippen molar-refractivity contribution in [1.29, 1.82) is 0 Å². The lowest BCUT2D eigenvalue weighted by Crippen LogP contribution is -2.43. The van der Waals surface area contributed by atoms with Crippen molar-refractivity contribution >= 4 is 23.5 Å². The van der Waals surface area contributed by atoms with E-state index in [1.807, 2.05) is 0 Å². The number of carbonyl (C=O) groups is 1. The van der Waals surface area contributed by atoms with E-state index in [9.17, 15) is 22.4 Å². The van der Waals surface area contributed by atoms with Gasteiger partial charge in [-0.3, -0.25) is 9.93 Å². The van der Waals surface area contributed by atoms with Gasteiger partial charge in [0.1, 0.15) is 5.03 Å². The SMILES string of the molecule is NSc1cc(NC(=O)[C@@H]2CCC(F)(F)CC2C2CCC(F)(F)CC2)ccn1. The van der Waals surface area contributed by atoms with Gasteiger partial charge in [-0.15, -0.1) is 0 Å². The maximum atomic E-state index is 14.0. The molecule has 2 fully saturated rings. The Bertz CT molecular complexity index is 678. The molecule has 27 heavy (non-hydrogen) atoms. The molecule has 0 radical (unpaired) electrons. The molecule has 150 valence electrons. The maximum Gasteiger partial charge on any atom is 0.248 e. The first-order chi connectivity index (χ1) is 12.7. The van der Waals surface area contributed by atoms with Gasteiger partial charge in [0.25, 0.3) is 0 Å². The minimum absolute atomic E-state index is 0.0555. The summed E-state index contributed by atoms with van der Waals surface area (Å²) >= 11 is 0.936. The number of anilines is 1. The molecule has 0 bridgehead atoms. The third kappa shape index (κ3) is 5.13. The van der Waals surface area contributed by atoms with Crippen molar-refractivity contribution in [2.24, 2.45) is 22.9 Å². The highest BCUT2D eigenvalue weighted by Gasteiger charge is 2.48. The summed E-state index contributed by atoms with van der Waals surface area (Å²) in [7, 11) is 0. The van der Waals surface area contributed by atoms with E-state index in [1.54, 1.807) is 12.1 Å². The van der Waals surface area contributed by atoms with Gasteiger partial charge in [0.15, 0.2) is 0 Å². The molecule has 0 aliphatic heterocycles. The summed E-state index contributed by atoms with van der Waals surface area (Å²) in [5.41, 5.74) is 0.495. The largest absolute Gasteiger partial charge is 0.326 e. The summed E-state index contributed by atoms with van der Waals surface area (Å²) in [4.78, 5) is 16.8. The molecule has 0 spiro atoms. The van der Waals surface area contributed by atoms with Gasteiger partial charge in [0.2, 0.25) is 17.8 Å². The molecule has 9 heteroatoms. The molecule has 1 aromatic rings. The lowest BCUT2D eigenvalue weighted by Gasteiger charge is -2.42. The molecule has 2 aliphatic rings. The zero-order chi connectivity index (χ0) is 19.7. The number of nitrogens with two attached hydrogens (primary N) is 1. The molecule has 3 N–H and O–H groups in total. The van der Waals surface area contributed by atoms with Crippen molar-refractivity contribution in [2.45, 2.75) is 61.8 Å². The number of halogens is 4. The van der Waals surface area contributed by atoms with Gasteiger partial charge in [0.05, 0.1) is 0 Å². The first-order valence-corrected chi connectivity index (χ1v) is 9.96. The second-order valence-corrected chi connectivity index (χ2v) is 8.21. The van der Waals surface area contributed by atoms with Crippen LogP contribution >= 0.6 is 11.9 Å². The molecule has 3 rings (SSSR count). The zero-order valence-electron chi connectivity index (χ0n) is 14.8. The van der Waals surface area contributed by atoms with E-state index in [4.69, 9.17) is 5.14 Å². The van der Waals surface area contributed by atoms with Crippen LogP contribution < -0.4 is 10.5 Å². The Labute approximate surface area is 159 Å². The van der Waals surface area contributed by atoms with E-state index in [1.165, 1.54) is 6.20 Å². The van der Waals surface area contributed by atoms with E-state index >= 15 is 0 Å². The first kappa shape index (κ1) is 20.4. The van der Waals surface area contributed by atoms with Gasteiger partial charge in [-0.05, 0) is 55.2 Å². The molecule has 4 nitrogen and oxygen atoms in total. The van der Waals surface area contributed by atoms with Crippen molar-refractivity contribution < 1.29 is 22.4 Å². The molecule has 1 aromatic heterocycles. The molecule has 1 amide bonds. The van der Waals surface area contributed by atoms with Gasteiger partial charge in [-0.2, -0.15) is 0 Å². The van der Waals surface area contributed by atoms with Crippen molar-refractivity contribution in [1.82, 2.24) is 4.98 Å². The Kier molecular flexibility index (Phi) is 6.00. The van der Waals surface area contributed by atoms with Gasteiger partial charge in [0, 0.05) is 43.5 Å². The highest BCUT2D eigenvalue weighted by Crippen LogP contribution is 2.49. The minimum atomic E-state index is -2.85. The van der Waals surface area contributed by atoms with E-state index in [2.05, 4.69) is 10.3 Å². The molecular formula is C18H23F4N3OS. The van der Waals surface area contributed by atoms with Crippen molar-refractivity contribution in [2.75, 3.05) is 5.32 Å². The number of nitrogens with zero attached hydrogens (tertiary/aromatic N) is 1. The van der Waals surface area contributed by atoms with Gasteiger partial charge < -0.3 is 5.32 Å². The number of hydrogen-bond donors (Lipinski definition) is 2. The Morgan fingerprint density at radius 2 is 1.81 bits per heavy atom. The third-order valence-corrected chi connectivity index (χ3v) is 6.16. The van der Waals surface area contributed by atoms with Crippen LogP contribution in [0.2, 0.25) is 0 Å². The lowest BCUT2D eigenvalue weighted by atomic mass is 9.66. The number of aromatic nitrogens is 1. The Morgan fingerprint density at radius 3 is 2.48 bits per heavy atom. The van der Waals surface area contributed by atoms with Crippen LogP contribution in [0.25, 0.3) is 0 Å². The van der Waals surface area contributed by atoms with E-state index in [-0.39, 0.29) is 50.4 Å². The predicted molar refractivity (Wildman–Crippen MR) is 95.6 cm³/mol. The summed E-state index contributed by atoms with van der Waals surface area (Å²) in [6.07, 6.45) is 0.555. The summed E-state index contributed by atoms with van der Waals surface area (Å²) in [5.74, 6) is -7.38. The van der Waals surface area contributed by atoms with E-state index < -0.39 is 30.1 Å². The molecule has 2 atom stereocenters. The summed E-state index contributed by atoms with van der Waals surface area (Å²) in [6.45, 7) is 0. The molecule has 2 saturated carbocycles. The van der Waals surface area contributed by atoms with Crippen LogP contribution in [0.4, 0.5) is 23.2 Å². The normalized spacial score (nSPS) is 27.9. The number of hydrogen-bond acceptors (Lipinski definition) is 4. The number of rotatable bonds is 4. The highest BCUT2D eigenvalue weighted by atomic mass is 32.2. The number of amides is 1. The zero-order valence-corrected chi connectivity index (χ0v) is 15.6. The number of pyridine rings is 1. The quantitative estimate of drug-likeness (QED) is 0.554. The second kappa shape index (κ2) is 7.95. The standard InChI is InChI=1S/C18H23F4N3OS/c19-17(20)5-1-11(2-6-17)14-10-18(21,22)7-3-13(14)16(26)25-12-4-8-24-15(9-12)27-23/h4,8-9,11,13-14H,1-3,5-7,10,23H2,(H,24,25,26)/t13-,14?/m1/s1. The van der Waals surface area contributed by atoms with Crippen LogP contribution in [0.5, 0.6) is 0 Å². The summed E-state index contributed by atoms with van der Waals surface area (Å²) in [6, 6.07) is 3.21. The molecule has 0 saturated heterocycles. The van der Waals surface area contributed by atoms with Crippen LogP contribution in [0, 0.1) is 17.8 Å². The smallest absolute Gasteiger partial charge is 0.248 e. The van der Waals surface area contributed by atoms with E-state index in [0.29, 0.717) is 10.7 Å². The highest BCUT2D eigenvalue weighted by molar-refractivity contribution is 7.97. The number of carbonyl (C=O) groups excluding carboxylic acids is 1. The van der Waals surface area contributed by atoms with E-state index in [0.717, 1.165) is 11.9 Å². The monoisotopic (exact) mass is 405 g/mol. The molecule has 1 unspecified atom stereocenters. The molecular weight excluding hydrogens is 382 g/mol. The fraction of sp³-hybridized carbons (Fsp3) is 0.667. The van der Waals surface area contributed by atoms with Gasteiger partial charge in [-0.25, -0.2) is 22.5 Å². The van der Waals surface area contributed by atoms with Crippen LogP contribution in [-0.4, -0.2) is 22.7 Å². The second-order valence-electron chi connectivity index (χ2n) is 7.55. The van der Waals surface area contributed by atoms with Crippen LogP contribution in [0.1, 0.15) is 44.9 Å². The lowest BCUT2D eigenvalue weighted by molar-refractivity contribution is -0.134. The topological polar surface area (TPSA) is 68.0 Å². The number of alkyl halides is 4. The Morgan fingerprint density at radius 1 is 1.15 bits per heavy atom. The first-order valence-electron chi connectivity index (χ1n) is 9.08. The summed E-state index contributed by atoms with van der Waals surface area (Å²) < 4.78 is 55.0. The van der Waals surface area contributed by atoms with Crippen LogP contribution in [0.3, 0.4) is 0 Å². The van der Waals surface area contributed by atoms with Crippen molar-refractivity contribution in [3.63, 3.8) is 0 Å². The fourth-order valence-corrected chi connectivity index (χ4v) is 4.58. The maximum absolute atomic E-state index is 14.0. The molecule has 1 heterocycles. The van der Waals surface area contributed by atoms with Gasteiger partial charge >= 0.3 is 0 Å². The minimum Gasteiger partial charge on any atom is -0.326 e. The van der Waals surface area contributed by atoms with Crippen LogP contribution in [0.15, 0.2) is 23.4 Å². The van der Waals surface area contributed by atoms with Gasteiger partial charge in [-0.1, -0.05) is 0 Å². The van der Waals surface area contributed by atoms with Crippen molar-refractivity contribution in [3.8, 4) is 0 Å². The third-order valence-electron chi connectivity index (χ3n) is 5.70. The number of nitrogens with one attached hydrogen (secondary N) is 1. The van der Waals surface area contributed by atoms with Crippen LogP contribution in [-0.2, 0) is 4.79 Å².